The molecule has 4 bridgehead atoms. The lowest BCUT2D eigenvalue weighted by atomic mass is 10.1. The van der Waals surface area contributed by atoms with Crippen LogP contribution in [0, 0.1) is 23.7 Å². The van der Waals surface area contributed by atoms with Crippen molar-refractivity contribution < 1.29 is 14.3 Å². The van der Waals surface area contributed by atoms with E-state index in [0.29, 0.717) is 17.6 Å². The van der Waals surface area contributed by atoms with Crippen LogP contribution in [0.15, 0.2) is 0 Å². The molecule has 16 heavy (non-hydrogen) atoms. The monoisotopic (exact) mass is 223 g/mol. The van der Waals surface area contributed by atoms with Crippen molar-refractivity contribution in [1.82, 2.24) is 5.32 Å². The van der Waals surface area contributed by atoms with Crippen LogP contribution >= 0.6 is 0 Å². The van der Waals surface area contributed by atoms with E-state index >= 15 is 0 Å². The molecule has 4 heteroatoms. The van der Waals surface area contributed by atoms with Gasteiger partial charge in [-0.25, -0.2) is 4.79 Å². The number of carbonyl (C=O) groups excluding carboxylic acids is 2. The molecule has 0 unspecified atom stereocenters. The third-order valence-corrected chi connectivity index (χ3v) is 3.98. The molecular weight excluding hydrogens is 206 g/mol. The van der Waals surface area contributed by atoms with Crippen LogP contribution in [0.3, 0.4) is 0 Å². The van der Waals surface area contributed by atoms with Gasteiger partial charge in [-0.3, -0.25) is 4.79 Å². The van der Waals surface area contributed by atoms with Gasteiger partial charge in [0.15, 0.2) is 0 Å². The molecule has 88 valence electrons. The van der Waals surface area contributed by atoms with Crippen LogP contribution in [0.4, 0.5) is 4.79 Å². The molecule has 1 N–H and O–H groups in total. The van der Waals surface area contributed by atoms with E-state index in [9.17, 15) is 9.59 Å². The van der Waals surface area contributed by atoms with Gasteiger partial charge in [-0.2, -0.15) is 0 Å². The second kappa shape index (κ2) is 2.79. The van der Waals surface area contributed by atoms with Gasteiger partial charge in [-0.1, -0.05) is 0 Å². The molecule has 0 aromatic rings. The molecule has 0 saturated heterocycles. The molecule has 1 amide bonds. The Labute approximate surface area is 94.7 Å². The molecular formula is C12H17NO3. The number of Topliss-reactive ketones (excluding diaryl/α,β-unsaturated/α-hetero) is 1. The number of ether oxygens (including phenoxy) is 1. The van der Waals surface area contributed by atoms with Gasteiger partial charge in [0.2, 0.25) is 0 Å². The van der Waals surface area contributed by atoms with E-state index in [0.717, 1.165) is 6.42 Å². The van der Waals surface area contributed by atoms with E-state index in [4.69, 9.17) is 4.74 Å². The van der Waals surface area contributed by atoms with Gasteiger partial charge < -0.3 is 10.1 Å². The average molecular weight is 223 g/mol. The van der Waals surface area contributed by atoms with Gasteiger partial charge in [0, 0.05) is 17.9 Å². The molecule has 4 saturated carbocycles. The predicted octanol–water partition coefficient (Wildman–Crippen LogP) is 1.34. The van der Waals surface area contributed by atoms with Crippen LogP contribution in [0.2, 0.25) is 0 Å². The number of ketones is 1. The van der Waals surface area contributed by atoms with E-state index < -0.39 is 5.60 Å². The van der Waals surface area contributed by atoms with Crippen molar-refractivity contribution in [2.75, 3.05) is 0 Å². The minimum absolute atomic E-state index is 0.0531. The lowest BCUT2D eigenvalue weighted by Crippen LogP contribution is -2.41. The van der Waals surface area contributed by atoms with E-state index in [2.05, 4.69) is 5.32 Å². The summed E-state index contributed by atoms with van der Waals surface area (Å²) in [5.74, 6) is 1.70. The molecule has 0 heterocycles. The Bertz CT molecular complexity index is 371. The predicted molar refractivity (Wildman–Crippen MR) is 56.7 cm³/mol. The molecule has 0 aliphatic heterocycles. The first-order valence-corrected chi connectivity index (χ1v) is 5.92. The maximum absolute atomic E-state index is 11.7. The highest BCUT2D eigenvalue weighted by Gasteiger charge is 2.74. The fourth-order valence-corrected chi connectivity index (χ4v) is 3.48. The van der Waals surface area contributed by atoms with E-state index in [1.54, 1.807) is 0 Å². The van der Waals surface area contributed by atoms with Crippen molar-refractivity contribution in [1.29, 1.82) is 0 Å². The summed E-state index contributed by atoms with van der Waals surface area (Å²) < 4.78 is 5.21. The summed E-state index contributed by atoms with van der Waals surface area (Å²) in [6.45, 7) is 5.52. The van der Waals surface area contributed by atoms with Crippen LogP contribution in [-0.2, 0) is 9.53 Å². The van der Waals surface area contributed by atoms with Crippen molar-refractivity contribution in [3.05, 3.63) is 0 Å². The van der Waals surface area contributed by atoms with Crippen LogP contribution in [0.1, 0.15) is 27.2 Å². The average Bonchev–Trinajstić information content (AvgIpc) is 2.43. The van der Waals surface area contributed by atoms with Crippen LogP contribution in [-0.4, -0.2) is 23.5 Å². The van der Waals surface area contributed by atoms with Gasteiger partial charge in [-0.05, 0) is 39.0 Å². The largest absolute Gasteiger partial charge is 0.444 e. The summed E-state index contributed by atoms with van der Waals surface area (Å²) in [4.78, 5) is 23.3. The SMILES string of the molecule is CC(C)(C)OC(=O)N[C@@H]1[C@H]2[C@@H]3C[C@@H]1C(=O)[C@@H]32. The molecule has 0 aromatic carbocycles. The Hall–Kier alpha value is -1.06. The van der Waals surface area contributed by atoms with Gasteiger partial charge in [0.05, 0.1) is 0 Å². The summed E-state index contributed by atoms with van der Waals surface area (Å²) in [5.41, 5.74) is -0.474. The maximum atomic E-state index is 11.7. The molecule has 0 spiro atoms. The summed E-state index contributed by atoms with van der Waals surface area (Å²) in [5, 5.41) is 2.87. The number of hydrogen-bond donors (Lipinski definition) is 1. The van der Waals surface area contributed by atoms with Crippen molar-refractivity contribution in [3.63, 3.8) is 0 Å². The Kier molecular flexibility index (Phi) is 1.76. The number of carbonyl (C=O) groups is 2. The standard InChI is InChI=1S/C12H17NO3/c1-12(2,3)16-11(15)13-9-6-4-5-7(9)8(5)10(6)14/h5-9H,4H2,1-3H3,(H,13,15)/t5-,6-,7-,8-,9-/m0/s1. The molecule has 4 fully saturated rings. The molecule has 4 aliphatic rings. The Morgan fingerprint density at radius 2 is 2.12 bits per heavy atom. The molecule has 4 rings (SSSR count). The minimum Gasteiger partial charge on any atom is -0.444 e. The normalized spacial score (nSPS) is 43.4. The third-order valence-electron chi connectivity index (χ3n) is 3.98. The third kappa shape index (κ3) is 1.28. The highest BCUT2D eigenvalue weighted by Crippen LogP contribution is 2.68. The number of nitrogens with one attached hydrogen (secondary N) is 1. The van der Waals surface area contributed by atoms with Gasteiger partial charge in [0.25, 0.3) is 0 Å². The number of alkyl carbamates (subject to hydrolysis) is 1. The van der Waals surface area contributed by atoms with E-state index in [-0.39, 0.29) is 24.0 Å². The van der Waals surface area contributed by atoms with Gasteiger partial charge >= 0.3 is 6.09 Å². The summed E-state index contributed by atoms with van der Waals surface area (Å²) in [6.07, 6.45) is 0.595. The molecule has 5 atom stereocenters. The topological polar surface area (TPSA) is 55.4 Å². The highest BCUT2D eigenvalue weighted by atomic mass is 16.6. The van der Waals surface area contributed by atoms with Crippen molar-refractivity contribution >= 4 is 11.9 Å². The van der Waals surface area contributed by atoms with E-state index in [1.165, 1.54) is 0 Å². The zero-order valence-corrected chi connectivity index (χ0v) is 9.82. The smallest absolute Gasteiger partial charge is 0.407 e. The Morgan fingerprint density at radius 1 is 1.44 bits per heavy atom. The second-order valence-electron chi connectivity index (χ2n) is 6.18. The lowest BCUT2D eigenvalue weighted by molar-refractivity contribution is -0.121. The fraction of sp³-hybridized carbons (Fsp3) is 0.833. The first-order valence-electron chi connectivity index (χ1n) is 5.92. The minimum atomic E-state index is -0.474. The van der Waals surface area contributed by atoms with Crippen LogP contribution < -0.4 is 5.32 Å². The zero-order chi connectivity index (χ0) is 11.7. The quantitative estimate of drug-likeness (QED) is 0.730. The molecule has 0 aromatic heterocycles. The number of hydrogen-bond acceptors (Lipinski definition) is 3. The van der Waals surface area contributed by atoms with Crippen LogP contribution in [0.25, 0.3) is 0 Å². The Morgan fingerprint density at radius 3 is 2.50 bits per heavy atom. The zero-order valence-electron chi connectivity index (χ0n) is 9.82. The van der Waals surface area contributed by atoms with Crippen molar-refractivity contribution in [2.24, 2.45) is 23.7 Å². The molecule has 4 nitrogen and oxygen atoms in total. The maximum Gasteiger partial charge on any atom is 0.407 e. The van der Waals surface area contributed by atoms with Crippen molar-refractivity contribution in [2.45, 2.75) is 38.8 Å². The summed E-state index contributed by atoms with van der Waals surface area (Å²) in [7, 11) is 0. The summed E-state index contributed by atoms with van der Waals surface area (Å²) >= 11 is 0. The first-order chi connectivity index (χ1) is 7.38. The summed E-state index contributed by atoms with van der Waals surface area (Å²) in [6, 6.07) is 0.0531. The number of amides is 1. The second-order valence-corrected chi connectivity index (χ2v) is 6.18. The molecule has 0 radical (unpaired) electrons. The number of rotatable bonds is 1. The van der Waals surface area contributed by atoms with Gasteiger partial charge in [-0.15, -0.1) is 0 Å². The lowest BCUT2D eigenvalue weighted by Gasteiger charge is -2.22. The van der Waals surface area contributed by atoms with E-state index in [1.807, 2.05) is 20.8 Å². The fourth-order valence-electron chi connectivity index (χ4n) is 3.48. The first kappa shape index (κ1) is 10.1. The molecule has 4 aliphatic carbocycles. The Balaban J connectivity index is 1.61. The van der Waals surface area contributed by atoms with Gasteiger partial charge in [0.1, 0.15) is 11.4 Å². The highest BCUT2D eigenvalue weighted by molar-refractivity contribution is 5.94. The van der Waals surface area contributed by atoms with Crippen molar-refractivity contribution in [3.8, 4) is 0 Å². The van der Waals surface area contributed by atoms with Crippen LogP contribution in [0.5, 0.6) is 0 Å².